The van der Waals surface area contributed by atoms with E-state index in [4.69, 9.17) is 18.9 Å². The molecule has 2 aliphatic rings. The van der Waals surface area contributed by atoms with E-state index in [9.17, 15) is 19.2 Å². The van der Waals surface area contributed by atoms with Crippen molar-refractivity contribution in [3.05, 3.63) is 82.9 Å². The van der Waals surface area contributed by atoms with Crippen molar-refractivity contribution in [2.45, 2.75) is 6.54 Å². The van der Waals surface area contributed by atoms with Crippen LogP contribution in [0.2, 0.25) is 0 Å². The van der Waals surface area contributed by atoms with Crippen LogP contribution in [0.1, 0.15) is 36.6 Å². The zero-order chi connectivity index (χ0) is 25.2. The fourth-order valence-corrected chi connectivity index (χ4v) is 3.96. The lowest BCUT2D eigenvalue weighted by molar-refractivity contribution is -0.119. The molecule has 1 N–H and O–H groups in total. The first-order chi connectivity index (χ1) is 17.4. The number of carbonyl (C=O) groups is 4. The molecule has 0 bridgehead atoms. The molecular formula is C26H20N2O8. The molecule has 3 aromatic carbocycles. The summed E-state index contributed by atoms with van der Waals surface area (Å²) in [5.41, 5.74) is 1.71. The van der Waals surface area contributed by atoms with Crippen molar-refractivity contribution in [3.63, 3.8) is 0 Å². The Labute approximate surface area is 205 Å². The second-order valence-electron chi connectivity index (χ2n) is 7.97. The van der Waals surface area contributed by atoms with Crippen molar-refractivity contribution >= 4 is 29.4 Å². The fourth-order valence-electron chi connectivity index (χ4n) is 3.96. The van der Waals surface area contributed by atoms with Crippen LogP contribution in [0, 0.1) is 0 Å². The van der Waals surface area contributed by atoms with Gasteiger partial charge in [0, 0.05) is 11.8 Å². The summed E-state index contributed by atoms with van der Waals surface area (Å²) < 4.78 is 20.9. The lowest BCUT2D eigenvalue weighted by Crippen LogP contribution is -2.29. The van der Waals surface area contributed by atoms with E-state index in [2.05, 4.69) is 5.32 Å². The number of carbonyl (C=O) groups excluding carboxylic acids is 4. The SMILES string of the molecule is COc1ccc(CN2C(=O)c3ccccc3C2=O)cc1C(=O)OCC(=O)Nc1ccc2c(c1)OCO2. The van der Waals surface area contributed by atoms with Crippen molar-refractivity contribution in [2.75, 3.05) is 25.8 Å². The summed E-state index contributed by atoms with van der Waals surface area (Å²) in [6.07, 6.45) is 0. The maximum atomic E-state index is 12.8. The highest BCUT2D eigenvalue weighted by molar-refractivity contribution is 6.21. The maximum Gasteiger partial charge on any atom is 0.342 e. The summed E-state index contributed by atoms with van der Waals surface area (Å²) in [5, 5.41) is 2.62. The van der Waals surface area contributed by atoms with Crippen molar-refractivity contribution < 1.29 is 38.1 Å². The van der Waals surface area contributed by atoms with Gasteiger partial charge in [0.15, 0.2) is 18.1 Å². The van der Waals surface area contributed by atoms with Gasteiger partial charge in [-0.2, -0.15) is 0 Å². The number of rotatable bonds is 7. The Morgan fingerprint density at radius 1 is 0.944 bits per heavy atom. The number of anilines is 1. The number of nitrogens with zero attached hydrogens (tertiary/aromatic N) is 1. The highest BCUT2D eigenvalue weighted by Crippen LogP contribution is 2.34. The van der Waals surface area contributed by atoms with Gasteiger partial charge in [-0.25, -0.2) is 4.79 Å². The monoisotopic (exact) mass is 488 g/mol. The van der Waals surface area contributed by atoms with Crippen LogP contribution in [-0.2, 0) is 16.1 Å². The molecule has 2 heterocycles. The van der Waals surface area contributed by atoms with Crippen molar-refractivity contribution in [1.82, 2.24) is 4.90 Å². The lowest BCUT2D eigenvalue weighted by atomic mass is 10.1. The molecule has 0 saturated heterocycles. The summed E-state index contributed by atoms with van der Waals surface area (Å²) in [6, 6.07) is 16.1. The number of esters is 1. The van der Waals surface area contributed by atoms with Crippen LogP contribution in [0.5, 0.6) is 17.2 Å². The third-order valence-electron chi connectivity index (χ3n) is 5.69. The molecule has 3 aromatic rings. The van der Waals surface area contributed by atoms with Crippen LogP contribution in [0.25, 0.3) is 0 Å². The normalized spacial score (nSPS) is 13.4. The summed E-state index contributed by atoms with van der Waals surface area (Å²) in [7, 11) is 1.39. The van der Waals surface area contributed by atoms with Crippen LogP contribution in [0.3, 0.4) is 0 Å². The number of nitrogens with one attached hydrogen (secondary N) is 1. The van der Waals surface area contributed by atoms with Gasteiger partial charge in [-0.1, -0.05) is 18.2 Å². The molecule has 0 aliphatic carbocycles. The molecule has 0 saturated carbocycles. The Morgan fingerprint density at radius 2 is 1.67 bits per heavy atom. The average molecular weight is 488 g/mol. The molecule has 182 valence electrons. The Bertz CT molecular complexity index is 1370. The number of methoxy groups -OCH3 is 1. The van der Waals surface area contributed by atoms with E-state index in [-0.39, 0.29) is 24.7 Å². The van der Waals surface area contributed by atoms with E-state index in [1.165, 1.54) is 19.2 Å². The molecule has 2 aliphatic heterocycles. The zero-order valence-corrected chi connectivity index (χ0v) is 19.1. The first-order valence-electron chi connectivity index (χ1n) is 10.9. The van der Waals surface area contributed by atoms with Gasteiger partial charge in [-0.3, -0.25) is 19.3 Å². The van der Waals surface area contributed by atoms with Gasteiger partial charge < -0.3 is 24.3 Å². The molecule has 3 amide bonds. The van der Waals surface area contributed by atoms with Crippen molar-refractivity contribution in [1.29, 1.82) is 0 Å². The highest BCUT2D eigenvalue weighted by Gasteiger charge is 2.35. The number of hydrogen-bond donors (Lipinski definition) is 1. The summed E-state index contributed by atoms with van der Waals surface area (Å²) in [5.74, 6) is -0.856. The fraction of sp³-hybridized carbons (Fsp3) is 0.154. The van der Waals surface area contributed by atoms with Gasteiger partial charge in [0.2, 0.25) is 6.79 Å². The predicted molar refractivity (Wildman–Crippen MR) is 125 cm³/mol. The average Bonchev–Trinajstić information content (AvgIpc) is 3.45. The van der Waals surface area contributed by atoms with Gasteiger partial charge in [0.25, 0.3) is 17.7 Å². The quantitative estimate of drug-likeness (QED) is 0.398. The van der Waals surface area contributed by atoms with Crippen LogP contribution in [0.4, 0.5) is 5.69 Å². The van der Waals surface area contributed by atoms with E-state index >= 15 is 0 Å². The van der Waals surface area contributed by atoms with Gasteiger partial charge in [-0.05, 0) is 42.0 Å². The third kappa shape index (κ3) is 4.31. The third-order valence-corrected chi connectivity index (χ3v) is 5.69. The van der Waals surface area contributed by atoms with Gasteiger partial charge in [-0.15, -0.1) is 0 Å². The van der Waals surface area contributed by atoms with Gasteiger partial charge >= 0.3 is 5.97 Å². The second-order valence-corrected chi connectivity index (χ2v) is 7.97. The predicted octanol–water partition coefficient (Wildman–Crippen LogP) is 3.02. The molecule has 36 heavy (non-hydrogen) atoms. The molecule has 0 spiro atoms. The number of imide groups is 1. The van der Waals surface area contributed by atoms with Crippen molar-refractivity contribution in [3.8, 4) is 17.2 Å². The molecule has 0 unspecified atom stereocenters. The molecule has 5 rings (SSSR count). The van der Waals surface area contributed by atoms with E-state index in [1.807, 2.05) is 0 Å². The smallest absolute Gasteiger partial charge is 0.342 e. The molecule has 0 fully saturated rings. The number of amides is 3. The molecule has 0 radical (unpaired) electrons. The molecule has 0 aromatic heterocycles. The number of hydrogen-bond acceptors (Lipinski definition) is 8. The summed E-state index contributed by atoms with van der Waals surface area (Å²) in [4.78, 5) is 51.5. The molecular weight excluding hydrogens is 468 g/mol. The number of benzene rings is 3. The number of ether oxygens (including phenoxy) is 4. The van der Waals surface area contributed by atoms with Gasteiger partial charge in [0.1, 0.15) is 11.3 Å². The molecule has 0 atom stereocenters. The maximum absolute atomic E-state index is 12.8. The lowest BCUT2D eigenvalue weighted by Gasteiger charge is -2.16. The minimum absolute atomic E-state index is 0.0405. The Hall–Kier alpha value is -4.86. The summed E-state index contributed by atoms with van der Waals surface area (Å²) >= 11 is 0. The first-order valence-corrected chi connectivity index (χ1v) is 10.9. The Kier molecular flexibility index (Phi) is 5.99. The highest BCUT2D eigenvalue weighted by atomic mass is 16.7. The van der Waals surface area contributed by atoms with Crippen LogP contribution < -0.4 is 19.5 Å². The van der Waals surface area contributed by atoms with Crippen LogP contribution in [-0.4, -0.2) is 49.1 Å². The summed E-state index contributed by atoms with van der Waals surface area (Å²) in [6.45, 7) is -0.474. The first kappa shape index (κ1) is 22.9. The number of fused-ring (bicyclic) bond motifs is 2. The minimum Gasteiger partial charge on any atom is -0.496 e. The van der Waals surface area contributed by atoms with E-state index in [1.54, 1.807) is 48.5 Å². The van der Waals surface area contributed by atoms with Crippen molar-refractivity contribution in [2.24, 2.45) is 0 Å². The van der Waals surface area contributed by atoms with Crippen LogP contribution in [0.15, 0.2) is 60.7 Å². The second kappa shape index (κ2) is 9.41. The topological polar surface area (TPSA) is 120 Å². The van der Waals surface area contributed by atoms with Gasteiger partial charge in [0.05, 0.1) is 24.8 Å². The zero-order valence-electron chi connectivity index (χ0n) is 19.1. The standard InChI is InChI=1S/C26H20N2O8/c1-33-20-8-6-15(12-28-24(30)17-4-2-3-5-18(17)25(28)31)10-19(20)26(32)34-13-23(29)27-16-7-9-21-22(11-16)36-14-35-21/h2-11H,12-14H2,1H3,(H,27,29). The Morgan fingerprint density at radius 3 is 2.39 bits per heavy atom. The van der Waals surface area contributed by atoms with E-state index in [0.29, 0.717) is 33.9 Å². The Balaban J connectivity index is 1.25. The van der Waals surface area contributed by atoms with E-state index < -0.39 is 30.3 Å². The van der Waals surface area contributed by atoms with Crippen LogP contribution >= 0.6 is 0 Å². The van der Waals surface area contributed by atoms with E-state index in [0.717, 1.165) is 4.90 Å². The molecule has 10 nitrogen and oxygen atoms in total. The largest absolute Gasteiger partial charge is 0.496 e. The molecule has 10 heteroatoms. The minimum atomic E-state index is -0.795.